The lowest BCUT2D eigenvalue weighted by molar-refractivity contribution is -0.0382. The molecule has 0 unspecified atom stereocenters. The molecule has 20 heavy (non-hydrogen) atoms. The van der Waals surface area contributed by atoms with E-state index in [2.05, 4.69) is 15.5 Å². The van der Waals surface area contributed by atoms with Crippen LogP contribution >= 0.6 is 11.3 Å². The maximum atomic E-state index is 12.1. The van der Waals surface area contributed by atoms with E-state index >= 15 is 0 Å². The van der Waals surface area contributed by atoms with Gasteiger partial charge in [0.15, 0.2) is 5.82 Å². The van der Waals surface area contributed by atoms with E-state index in [1.54, 1.807) is 11.3 Å². The summed E-state index contributed by atoms with van der Waals surface area (Å²) < 4.78 is 6.65. The molecule has 108 valence electrons. The quantitative estimate of drug-likeness (QED) is 0.793. The minimum absolute atomic E-state index is 0.0174. The molecule has 1 aliphatic heterocycles. The van der Waals surface area contributed by atoms with Gasteiger partial charge in [-0.15, -0.1) is 11.3 Å². The first kappa shape index (κ1) is 13.5. The molecule has 2 aromatic rings. The normalized spacial score (nSPS) is 17.1. The Morgan fingerprint density at radius 3 is 3.10 bits per heavy atom. The number of nitrogens with one attached hydrogen (secondary N) is 2. The molecule has 2 aromatic heterocycles. The van der Waals surface area contributed by atoms with Gasteiger partial charge in [0.2, 0.25) is 0 Å². The summed E-state index contributed by atoms with van der Waals surface area (Å²) in [5.74, 6) is 0.617. The van der Waals surface area contributed by atoms with Crippen molar-refractivity contribution in [2.24, 2.45) is 0 Å². The summed E-state index contributed by atoms with van der Waals surface area (Å²) in [7, 11) is 0. The number of ether oxygens (including phenoxy) is 1. The molecule has 7 heteroatoms. The Hall–Kier alpha value is -1.44. The van der Waals surface area contributed by atoms with Crippen molar-refractivity contribution in [3.05, 3.63) is 20.8 Å². The molecule has 0 saturated heterocycles. The molecular weight excluding hydrogens is 278 g/mol. The number of H-pyrrole nitrogens is 1. The van der Waals surface area contributed by atoms with Crippen molar-refractivity contribution in [3.8, 4) is 0 Å². The third-order valence-electron chi connectivity index (χ3n) is 3.40. The highest BCUT2D eigenvalue weighted by Gasteiger charge is 2.30. The zero-order valence-electron chi connectivity index (χ0n) is 11.4. The van der Waals surface area contributed by atoms with Gasteiger partial charge in [0.25, 0.3) is 5.56 Å². The number of thiophene rings is 1. The zero-order valence-corrected chi connectivity index (χ0v) is 12.3. The number of anilines is 1. The number of aromatic amines is 1. The van der Waals surface area contributed by atoms with Crippen LogP contribution in [0.15, 0.2) is 4.79 Å². The number of hydrogen-bond donors (Lipinski definition) is 3. The lowest BCUT2D eigenvalue weighted by Crippen LogP contribution is -2.31. The van der Waals surface area contributed by atoms with E-state index in [9.17, 15) is 4.79 Å². The van der Waals surface area contributed by atoms with Crippen molar-refractivity contribution in [1.29, 1.82) is 0 Å². The lowest BCUT2D eigenvalue weighted by Gasteiger charge is -2.29. The van der Waals surface area contributed by atoms with E-state index < -0.39 is 0 Å². The number of fused-ring (bicyclic) bond motifs is 3. The molecule has 0 spiro atoms. The second kappa shape index (κ2) is 4.83. The van der Waals surface area contributed by atoms with E-state index in [1.165, 1.54) is 4.88 Å². The van der Waals surface area contributed by atoms with Crippen molar-refractivity contribution < 1.29 is 9.84 Å². The summed E-state index contributed by atoms with van der Waals surface area (Å²) in [6, 6.07) is 0. The third kappa shape index (κ3) is 2.21. The molecule has 0 fully saturated rings. The summed E-state index contributed by atoms with van der Waals surface area (Å²) >= 11 is 1.59. The highest BCUT2D eigenvalue weighted by Crippen LogP contribution is 2.39. The van der Waals surface area contributed by atoms with Crippen molar-refractivity contribution in [2.75, 3.05) is 18.5 Å². The molecular formula is C13H17N3O3S. The van der Waals surface area contributed by atoms with Crippen LogP contribution in [0.25, 0.3) is 10.1 Å². The molecule has 0 atom stereocenters. The zero-order chi connectivity index (χ0) is 14.3. The highest BCUT2D eigenvalue weighted by molar-refractivity contribution is 7.19. The standard InChI is InChI=1S/C13H17N3O3S/c1-13(2)5-8-7(6-19-13)9-10(20-8)11(14-3-4-17)15-16-12(9)18/h17H,3-6H2,1-2H3,(H,14,15)(H,16,18). The Morgan fingerprint density at radius 1 is 1.55 bits per heavy atom. The van der Waals surface area contributed by atoms with Gasteiger partial charge < -0.3 is 15.2 Å². The largest absolute Gasteiger partial charge is 0.395 e. The van der Waals surface area contributed by atoms with E-state index in [0.29, 0.717) is 24.4 Å². The van der Waals surface area contributed by atoms with Gasteiger partial charge in [0, 0.05) is 23.4 Å². The third-order valence-corrected chi connectivity index (χ3v) is 4.64. The summed E-state index contributed by atoms with van der Waals surface area (Å²) in [5.41, 5.74) is 0.586. The SMILES string of the molecule is CC1(C)Cc2sc3c(NCCO)n[nH]c(=O)c3c2CO1. The number of nitrogens with zero attached hydrogens (tertiary/aromatic N) is 1. The van der Waals surface area contributed by atoms with E-state index in [0.717, 1.165) is 16.7 Å². The van der Waals surface area contributed by atoms with Crippen molar-refractivity contribution in [3.63, 3.8) is 0 Å². The van der Waals surface area contributed by atoms with Crippen LogP contribution in [0.3, 0.4) is 0 Å². The molecule has 0 bridgehead atoms. The molecule has 3 heterocycles. The van der Waals surface area contributed by atoms with E-state index in [-0.39, 0.29) is 17.8 Å². The predicted molar refractivity (Wildman–Crippen MR) is 78.4 cm³/mol. The molecule has 3 rings (SSSR count). The number of aliphatic hydroxyl groups excluding tert-OH is 1. The summed E-state index contributed by atoms with van der Waals surface area (Å²) in [6.45, 7) is 4.97. The van der Waals surface area contributed by atoms with Gasteiger partial charge in [-0.05, 0) is 13.8 Å². The van der Waals surface area contributed by atoms with Crippen LogP contribution in [-0.4, -0.2) is 34.1 Å². The highest BCUT2D eigenvalue weighted by atomic mass is 32.1. The fourth-order valence-corrected chi connectivity index (χ4v) is 3.91. The van der Waals surface area contributed by atoms with E-state index in [4.69, 9.17) is 9.84 Å². The molecule has 1 aliphatic rings. The first-order valence-electron chi connectivity index (χ1n) is 6.53. The Kier molecular flexibility index (Phi) is 3.27. The van der Waals surface area contributed by atoms with Crippen molar-refractivity contribution in [2.45, 2.75) is 32.5 Å². The first-order valence-corrected chi connectivity index (χ1v) is 7.35. The minimum atomic E-state index is -0.202. The van der Waals surface area contributed by atoms with Crippen LogP contribution in [-0.2, 0) is 17.8 Å². The van der Waals surface area contributed by atoms with Gasteiger partial charge in [-0.2, -0.15) is 5.10 Å². The Balaban J connectivity index is 2.16. The van der Waals surface area contributed by atoms with Crippen LogP contribution in [0.5, 0.6) is 0 Å². The van der Waals surface area contributed by atoms with Gasteiger partial charge in [-0.3, -0.25) is 4.79 Å². The first-order chi connectivity index (χ1) is 9.52. The number of aromatic nitrogens is 2. The average molecular weight is 295 g/mol. The molecule has 0 saturated carbocycles. The summed E-state index contributed by atoms with van der Waals surface area (Å²) in [4.78, 5) is 13.2. The molecule has 3 N–H and O–H groups in total. The van der Waals surface area contributed by atoms with E-state index in [1.807, 2.05) is 13.8 Å². The van der Waals surface area contributed by atoms with Gasteiger partial charge in [0.05, 0.1) is 28.9 Å². The fourth-order valence-electron chi connectivity index (χ4n) is 2.43. The maximum Gasteiger partial charge on any atom is 0.273 e. The monoisotopic (exact) mass is 295 g/mol. The minimum Gasteiger partial charge on any atom is -0.395 e. The smallest absolute Gasteiger partial charge is 0.273 e. The van der Waals surface area contributed by atoms with Crippen molar-refractivity contribution in [1.82, 2.24) is 10.2 Å². The van der Waals surface area contributed by atoms with Gasteiger partial charge >= 0.3 is 0 Å². The maximum absolute atomic E-state index is 12.1. The van der Waals surface area contributed by atoms with Crippen LogP contribution in [0.4, 0.5) is 5.82 Å². The predicted octanol–water partition coefficient (Wildman–Crippen LogP) is 1.24. The molecule has 0 aromatic carbocycles. The Morgan fingerprint density at radius 2 is 2.35 bits per heavy atom. The van der Waals surface area contributed by atoms with Gasteiger partial charge in [-0.25, -0.2) is 5.10 Å². The van der Waals surface area contributed by atoms with Crippen molar-refractivity contribution >= 4 is 27.2 Å². The van der Waals surface area contributed by atoms with Crippen LogP contribution in [0.2, 0.25) is 0 Å². The number of aliphatic hydroxyl groups is 1. The lowest BCUT2D eigenvalue weighted by atomic mass is 9.97. The average Bonchev–Trinajstić information content (AvgIpc) is 2.75. The van der Waals surface area contributed by atoms with Crippen LogP contribution < -0.4 is 10.9 Å². The number of hydrogen-bond acceptors (Lipinski definition) is 6. The fraction of sp³-hybridized carbons (Fsp3) is 0.538. The summed E-state index contributed by atoms with van der Waals surface area (Å²) in [5, 5.41) is 19.1. The van der Waals surface area contributed by atoms with Gasteiger partial charge in [-0.1, -0.05) is 0 Å². The molecule has 0 radical (unpaired) electrons. The molecule has 6 nitrogen and oxygen atoms in total. The van der Waals surface area contributed by atoms with Crippen LogP contribution in [0.1, 0.15) is 24.3 Å². The molecule has 0 aliphatic carbocycles. The number of rotatable bonds is 3. The second-order valence-corrected chi connectivity index (χ2v) is 6.59. The Labute approximate surface area is 119 Å². The molecule has 0 amide bonds. The van der Waals surface area contributed by atoms with Crippen LogP contribution in [0, 0.1) is 0 Å². The topological polar surface area (TPSA) is 87.2 Å². The Bertz CT molecular complexity index is 705. The van der Waals surface area contributed by atoms with Gasteiger partial charge in [0.1, 0.15) is 0 Å². The summed E-state index contributed by atoms with van der Waals surface area (Å²) in [6.07, 6.45) is 0.792. The second-order valence-electron chi connectivity index (χ2n) is 5.48.